The Labute approximate surface area is 141 Å². The topological polar surface area (TPSA) is 9.23 Å². The number of hydrogen-bond acceptors (Lipinski definition) is 1. The highest BCUT2D eigenvalue weighted by Crippen LogP contribution is 2.36. The third-order valence-electron chi connectivity index (χ3n) is 3.10. The maximum absolute atomic E-state index is 6.08. The van der Waals surface area contributed by atoms with Crippen molar-refractivity contribution in [3.63, 3.8) is 0 Å². The summed E-state index contributed by atoms with van der Waals surface area (Å²) in [4.78, 5) is 0.118. The van der Waals surface area contributed by atoms with Gasteiger partial charge < -0.3 is 4.74 Å². The molecular formula is C16H15Br2ClO. The van der Waals surface area contributed by atoms with Crippen molar-refractivity contribution in [2.75, 3.05) is 13.7 Å². The summed E-state index contributed by atoms with van der Waals surface area (Å²) in [5.74, 6) is 0. The zero-order chi connectivity index (χ0) is 14.5. The van der Waals surface area contributed by atoms with Gasteiger partial charge in [0.1, 0.15) is 0 Å². The highest BCUT2D eigenvalue weighted by Gasteiger charge is 2.14. The summed E-state index contributed by atoms with van der Waals surface area (Å²) in [7, 11) is 1.72. The van der Waals surface area contributed by atoms with Crippen LogP contribution in [0.3, 0.4) is 0 Å². The van der Waals surface area contributed by atoms with Crippen LogP contribution >= 0.6 is 43.5 Å². The van der Waals surface area contributed by atoms with Crippen LogP contribution in [-0.4, -0.2) is 13.7 Å². The Hall–Kier alpha value is -0.350. The van der Waals surface area contributed by atoms with Crippen LogP contribution in [0, 0.1) is 0 Å². The molecule has 2 aromatic rings. The number of rotatable bonds is 5. The molecule has 0 N–H and O–H groups in total. The third-order valence-corrected chi connectivity index (χ3v) is 5.08. The van der Waals surface area contributed by atoms with Gasteiger partial charge in [0, 0.05) is 16.6 Å². The minimum atomic E-state index is 0.118. The second-order valence-corrected chi connectivity index (χ2v) is 6.72. The molecule has 0 heterocycles. The van der Waals surface area contributed by atoms with Crippen molar-refractivity contribution in [2.24, 2.45) is 0 Å². The zero-order valence-electron chi connectivity index (χ0n) is 11.1. The van der Waals surface area contributed by atoms with Crippen molar-refractivity contribution in [3.8, 4) is 0 Å². The van der Waals surface area contributed by atoms with Crippen molar-refractivity contribution in [1.29, 1.82) is 0 Å². The lowest BCUT2D eigenvalue weighted by molar-refractivity contribution is 0.202. The van der Waals surface area contributed by atoms with Gasteiger partial charge in [-0.3, -0.25) is 0 Å². The van der Waals surface area contributed by atoms with Crippen LogP contribution in [-0.2, 0) is 11.2 Å². The molecule has 2 rings (SSSR count). The van der Waals surface area contributed by atoms with E-state index in [1.807, 2.05) is 18.2 Å². The molecule has 2 aromatic carbocycles. The monoisotopic (exact) mass is 416 g/mol. The van der Waals surface area contributed by atoms with Gasteiger partial charge in [-0.05, 0) is 41.3 Å². The van der Waals surface area contributed by atoms with Crippen LogP contribution in [0.5, 0.6) is 0 Å². The number of alkyl halides is 1. The van der Waals surface area contributed by atoms with E-state index in [4.69, 9.17) is 16.3 Å². The molecule has 0 fully saturated rings. The molecule has 106 valence electrons. The molecule has 0 saturated heterocycles. The highest BCUT2D eigenvalue weighted by molar-refractivity contribution is 9.11. The van der Waals surface area contributed by atoms with Gasteiger partial charge in [0.05, 0.1) is 11.4 Å². The lowest BCUT2D eigenvalue weighted by atomic mass is 10.0. The zero-order valence-corrected chi connectivity index (χ0v) is 15.0. The molecule has 0 spiro atoms. The van der Waals surface area contributed by atoms with Crippen LogP contribution in [0.2, 0.25) is 5.02 Å². The Morgan fingerprint density at radius 1 is 1.15 bits per heavy atom. The van der Waals surface area contributed by atoms with Crippen LogP contribution in [0.15, 0.2) is 46.9 Å². The largest absolute Gasteiger partial charge is 0.384 e. The molecular weight excluding hydrogens is 403 g/mol. The molecule has 0 aliphatic rings. The Kier molecular flexibility index (Phi) is 6.09. The fourth-order valence-electron chi connectivity index (χ4n) is 1.96. The Morgan fingerprint density at radius 2 is 1.85 bits per heavy atom. The average Bonchev–Trinajstić information content (AvgIpc) is 2.47. The molecule has 0 amide bonds. The summed E-state index contributed by atoms with van der Waals surface area (Å²) in [6.45, 7) is 0.747. The van der Waals surface area contributed by atoms with E-state index in [1.165, 1.54) is 11.1 Å². The molecule has 4 heteroatoms. The van der Waals surface area contributed by atoms with Crippen molar-refractivity contribution in [2.45, 2.75) is 11.2 Å². The van der Waals surface area contributed by atoms with E-state index in [9.17, 15) is 0 Å². The predicted molar refractivity (Wildman–Crippen MR) is 91.9 cm³/mol. The van der Waals surface area contributed by atoms with Crippen molar-refractivity contribution >= 4 is 43.5 Å². The number of hydrogen-bond donors (Lipinski definition) is 0. The number of halogens is 3. The van der Waals surface area contributed by atoms with Gasteiger partial charge in [-0.1, -0.05) is 67.7 Å². The van der Waals surface area contributed by atoms with E-state index in [0.29, 0.717) is 0 Å². The van der Waals surface area contributed by atoms with Crippen LogP contribution in [0.25, 0.3) is 0 Å². The van der Waals surface area contributed by atoms with Gasteiger partial charge in [-0.2, -0.15) is 0 Å². The molecule has 1 atom stereocenters. The third kappa shape index (κ3) is 4.08. The summed E-state index contributed by atoms with van der Waals surface area (Å²) in [6.07, 6.45) is 0.935. The van der Waals surface area contributed by atoms with Gasteiger partial charge in [0.15, 0.2) is 0 Å². The van der Waals surface area contributed by atoms with E-state index < -0.39 is 0 Å². The first-order valence-corrected chi connectivity index (χ1v) is 8.37. The standard InChI is InChI=1S/C16H15Br2ClO/c1-20-9-8-11-2-4-12(5-3-11)16(18)14-10-13(19)6-7-15(14)17/h2-7,10,16H,8-9H2,1H3. The fraction of sp³-hybridized carbons (Fsp3) is 0.250. The first kappa shape index (κ1) is 16.0. The van der Waals surface area contributed by atoms with Crippen molar-refractivity contribution in [3.05, 3.63) is 68.7 Å². The minimum Gasteiger partial charge on any atom is -0.384 e. The van der Waals surface area contributed by atoms with Crippen molar-refractivity contribution < 1.29 is 4.74 Å². The predicted octanol–water partition coefficient (Wildman–Crippen LogP) is 5.78. The average molecular weight is 419 g/mol. The summed E-state index contributed by atoms with van der Waals surface area (Å²) >= 11 is 13.4. The van der Waals surface area contributed by atoms with Gasteiger partial charge in [0.25, 0.3) is 0 Å². The van der Waals surface area contributed by atoms with E-state index in [1.54, 1.807) is 7.11 Å². The van der Waals surface area contributed by atoms with Crippen molar-refractivity contribution in [1.82, 2.24) is 0 Å². The first-order chi connectivity index (χ1) is 9.61. The number of ether oxygens (including phenoxy) is 1. The van der Waals surface area contributed by atoms with E-state index in [0.717, 1.165) is 28.1 Å². The molecule has 0 bridgehead atoms. The lowest BCUT2D eigenvalue weighted by Crippen LogP contribution is -1.97. The summed E-state index contributed by atoms with van der Waals surface area (Å²) in [6, 6.07) is 14.4. The normalized spacial score (nSPS) is 12.4. The number of benzene rings is 2. The van der Waals surface area contributed by atoms with Crippen LogP contribution in [0.4, 0.5) is 0 Å². The maximum atomic E-state index is 6.08. The molecule has 1 unspecified atom stereocenters. The maximum Gasteiger partial charge on any atom is 0.0656 e. The Bertz CT molecular complexity index is 569. The molecule has 1 nitrogen and oxygen atoms in total. The molecule has 0 radical (unpaired) electrons. The van der Waals surface area contributed by atoms with E-state index in [2.05, 4.69) is 56.1 Å². The summed E-state index contributed by atoms with van der Waals surface area (Å²) in [5, 5.41) is 0.740. The smallest absolute Gasteiger partial charge is 0.0656 e. The van der Waals surface area contributed by atoms with Gasteiger partial charge >= 0.3 is 0 Å². The fourth-order valence-corrected chi connectivity index (χ4v) is 3.61. The number of methoxy groups -OCH3 is 1. The molecule has 0 aromatic heterocycles. The Morgan fingerprint density at radius 3 is 2.50 bits per heavy atom. The molecule has 20 heavy (non-hydrogen) atoms. The second kappa shape index (κ2) is 7.60. The van der Waals surface area contributed by atoms with Gasteiger partial charge in [-0.15, -0.1) is 0 Å². The quantitative estimate of drug-likeness (QED) is 0.560. The van der Waals surface area contributed by atoms with Crippen LogP contribution < -0.4 is 0 Å². The highest BCUT2D eigenvalue weighted by atomic mass is 79.9. The molecule has 0 aliphatic heterocycles. The van der Waals surface area contributed by atoms with Crippen LogP contribution in [0.1, 0.15) is 21.5 Å². The van der Waals surface area contributed by atoms with E-state index >= 15 is 0 Å². The Balaban J connectivity index is 2.20. The minimum absolute atomic E-state index is 0.118. The second-order valence-electron chi connectivity index (χ2n) is 4.51. The van der Waals surface area contributed by atoms with Gasteiger partial charge in [0.2, 0.25) is 0 Å². The SMILES string of the molecule is COCCc1ccc(C(Br)c2cc(Cl)ccc2Br)cc1. The lowest BCUT2D eigenvalue weighted by Gasteiger charge is -2.14. The van der Waals surface area contributed by atoms with Gasteiger partial charge in [-0.25, -0.2) is 0 Å². The molecule has 0 aliphatic carbocycles. The summed E-state index contributed by atoms with van der Waals surface area (Å²) < 4.78 is 6.14. The van der Waals surface area contributed by atoms with E-state index in [-0.39, 0.29) is 4.83 Å². The molecule has 0 saturated carbocycles. The first-order valence-electron chi connectivity index (χ1n) is 6.28. The summed E-state index contributed by atoms with van der Waals surface area (Å²) in [5.41, 5.74) is 3.61.